The molecular formula is C26H38BN5O6. The van der Waals surface area contributed by atoms with E-state index < -0.39 is 42.1 Å². The van der Waals surface area contributed by atoms with Crippen LogP contribution in [0, 0.1) is 0 Å². The van der Waals surface area contributed by atoms with Crippen molar-refractivity contribution in [1.29, 1.82) is 0 Å². The topological polar surface area (TPSA) is 133 Å². The van der Waals surface area contributed by atoms with E-state index in [2.05, 4.69) is 25.9 Å². The van der Waals surface area contributed by atoms with E-state index >= 15 is 0 Å². The minimum Gasteiger partial charge on any atom is -0.445 e. The summed E-state index contributed by atoms with van der Waals surface area (Å²) in [6.45, 7) is 13.7. The summed E-state index contributed by atoms with van der Waals surface area (Å²) in [6.07, 6.45) is 2.08. The fourth-order valence-electron chi connectivity index (χ4n) is 3.37. The van der Waals surface area contributed by atoms with Gasteiger partial charge in [-0.25, -0.2) is 19.6 Å². The van der Waals surface area contributed by atoms with Gasteiger partial charge in [0.05, 0.1) is 17.2 Å². The second kappa shape index (κ2) is 12.0. The molecule has 206 valence electrons. The molecule has 0 spiro atoms. The molecule has 3 rings (SSSR count). The van der Waals surface area contributed by atoms with Gasteiger partial charge in [-0.05, 0) is 54.0 Å². The highest BCUT2D eigenvalue weighted by atomic mass is 16.7. The lowest BCUT2D eigenvalue weighted by molar-refractivity contribution is 0.00578. The van der Waals surface area contributed by atoms with Gasteiger partial charge in [0.2, 0.25) is 5.95 Å². The molecule has 0 radical (unpaired) electrons. The van der Waals surface area contributed by atoms with Gasteiger partial charge < -0.3 is 34.7 Å². The lowest BCUT2D eigenvalue weighted by atomic mass is 9.81. The van der Waals surface area contributed by atoms with Crippen molar-refractivity contribution in [3.8, 4) is 0 Å². The second-order valence-electron chi connectivity index (χ2n) is 11.1. The Labute approximate surface area is 224 Å². The van der Waals surface area contributed by atoms with Gasteiger partial charge in [0, 0.05) is 30.9 Å². The maximum absolute atomic E-state index is 12.3. The van der Waals surface area contributed by atoms with Crippen LogP contribution in [-0.2, 0) is 25.4 Å². The van der Waals surface area contributed by atoms with E-state index in [0.29, 0.717) is 11.4 Å². The number of alkyl carbamates (subject to hydrolysis) is 2. The number of nitrogens with one attached hydrogen (secondary N) is 3. The number of rotatable bonds is 9. The fourth-order valence-corrected chi connectivity index (χ4v) is 3.37. The zero-order chi connectivity index (χ0) is 28.0. The summed E-state index contributed by atoms with van der Waals surface area (Å²) in [5.74, 6) is 0.306. The van der Waals surface area contributed by atoms with Crippen molar-refractivity contribution in [2.45, 2.75) is 77.9 Å². The van der Waals surface area contributed by atoms with Crippen LogP contribution in [0.2, 0.25) is 0 Å². The summed E-state index contributed by atoms with van der Waals surface area (Å²) in [4.78, 5) is 33.2. The zero-order valence-electron chi connectivity index (χ0n) is 23.2. The molecule has 2 heterocycles. The van der Waals surface area contributed by atoms with Gasteiger partial charge in [-0.3, -0.25) is 0 Å². The number of anilines is 1. The number of carbonyl (C=O) groups is 2. The first-order chi connectivity index (χ1) is 17.7. The Morgan fingerprint density at radius 3 is 2.05 bits per heavy atom. The van der Waals surface area contributed by atoms with E-state index in [0.717, 1.165) is 5.56 Å². The quantitative estimate of drug-likeness (QED) is 0.421. The van der Waals surface area contributed by atoms with Crippen LogP contribution in [0.5, 0.6) is 0 Å². The summed E-state index contributed by atoms with van der Waals surface area (Å²) < 4.78 is 22.7. The molecule has 1 saturated heterocycles. The van der Waals surface area contributed by atoms with Crippen LogP contribution in [0.3, 0.4) is 0 Å². The van der Waals surface area contributed by atoms with Gasteiger partial charge in [-0.1, -0.05) is 30.3 Å². The zero-order valence-corrected chi connectivity index (χ0v) is 23.2. The molecule has 12 heteroatoms. The lowest BCUT2D eigenvalue weighted by Gasteiger charge is -2.32. The van der Waals surface area contributed by atoms with Gasteiger partial charge in [0.25, 0.3) is 0 Å². The average molecular weight is 527 g/mol. The number of nitrogens with zero attached hydrogens (tertiary/aromatic N) is 2. The van der Waals surface area contributed by atoms with Gasteiger partial charge in [-0.15, -0.1) is 0 Å². The maximum atomic E-state index is 12.3. The predicted octanol–water partition coefficient (Wildman–Crippen LogP) is 3.01. The Kier molecular flexibility index (Phi) is 9.21. The number of carbonyl (C=O) groups excluding carboxylic acids is 2. The van der Waals surface area contributed by atoms with Crippen molar-refractivity contribution < 1.29 is 28.4 Å². The van der Waals surface area contributed by atoms with E-state index in [1.165, 1.54) is 0 Å². The van der Waals surface area contributed by atoms with Crippen LogP contribution >= 0.6 is 0 Å². The smallest absolute Gasteiger partial charge is 0.445 e. The third-order valence-electron chi connectivity index (χ3n) is 6.13. The standard InChI is InChI=1S/C26H38BN5O6/c1-24(2,3)36-23(34)31-16-20(15-30-22(33)35-17-18-11-9-8-10-12-18)32-21-28-13-19(14-29-21)27-37-25(4,5)26(6,7)38-27/h8-14,20H,15-17H2,1-7H3,(H,30,33)(H,31,34)(H,28,29,32). The maximum Gasteiger partial charge on any atom is 0.498 e. The normalized spacial score (nSPS) is 16.9. The Hall–Kier alpha value is -3.38. The number of ether oxygens (including phenoxy) is 2. The Bertz CT molecular complexity index is 1060. The summed E-state index contributed by atoms with van der Waals surface area (Å²) >= 11 is 0. The van der Waals surface area contributed by atoms with Crippen molar-refractivity contribution in [2.75, 3.05) is 18.4 Å². The van der Waals surface area contributed by atoms with Crippen LogP contribution in [0.25, 0.3) is 0 Å². The van der Waals surface area contributed by atoms with Crippen LogP contribution in [0.1, 0.15) is 54.0 Å². The van der Waals surface area contributed by atoms with Crippen molar-refractivity contribution in [1.82, 2.24) is 20.6 Å². The number of amides is 2. The molecule has 38 heavy (non-hydrogen) atoms. The minimum absolute atomic E-state index is 0.131. The van der Waals surface area contributed by atoms with E-state index in [-0.39, 0.29) is 19.7 Å². The predicted molar refractivity (Wildman–Crippen MR) is 144 cm³/mol. The highest BCUT2D eigenvalue weighted by molar-refractivity contribution is 6.61. The summed E-state index contributed by atoms with van der Waals surface area (Å²) in [5, 5.41) is 8.54. The minimum atomic E-state index is -0.640. The SMILES string of the molecule is CC(C)(C)OC(=O)NCC(CNC(=O)OCc1ccccc1)Nc1ncc(B2OC(C)(C)C(C)(C)O2)cn1. The summed E-state index contributed by atoms with van der Waals surface area (Å²) in [6, 6.07) is 8.91. The lowest BCUT2D eigenvalue weighted by Crippen LogP contribution is -2.45. The van der Waals surface area contributed by atoms with E-state index in [1.807, 2.05) is 58.0 Å². The van der Waals surface area contributed by atoms with Gasteiger partial charge in [-0.2, -0.15) is 0 Å². The highest BCUT2D eigenvalue weighted by Crippen LogP contribution is 2.36. The Morgan fingerprint density at radius 1 is 0.947 bits per heavy atom. The second-order valence-corrected chi connectivity index (χ2v) is 11.1. The van der Waals surface area contributed by atoms with Crippen molar-refractivity contribution in [2.24, 2.45) is 0 Å². The third-order valence-corrected chi connectivity index (χ3v) is 6.13. The first kappa shape index (κ1) is 29.2. The molecule has 3 N–H and O–H groups in total. The number of aromatic nitrogens is 2. The van der Waals surface area contributed by atoms with E-state index in [4.69, 9.17) is 18.8 Å². The van der Waals surface area contributed by atoms with Crippen molar-refractivity contribution in [3.05, 3.63) is 48.3 Å². The molecule has 1 aliphatic rings. The summed E-state index contributed by atoms with van der Waals surface area (Å²) in [7, 11) is -0.584. The van der Waals surface area contributed by atoms with Crippen LogP contribution < -0.4 is 21.4 Å². The molecule has 11 nitrogen and oxygen atoms in total. The monoisotopic (exact) mass is 527 g/mol. The summed E-state index contributed by atoms with van der Waals surface area (Å²) in [5.41, 5.74) is -0.0414. The van der Waals surface area contributed by atoms with Gasteiger partial charge in [0.1, 0.15) is 12.2 Å². The van der Waals surface area contributed by atoms with Crippen LogP contribution in [-0.4, -0.2) is 65.2 Å². The molecule has 1 fully saturated rings. The molecular weight excluding hydrogens is 489 g/mol. The molecule has 2 aromatic rings. The van der Waals surface area contributed by atoms with Crippen LogP contribution in [0.15, 0.2) is 42.7 Å². The largest absolute Gasteiger partial charge is 0.498 e. The number of hydrogen-bond donors (Lipinski definition) is 3. The molecule has 0 aliphatic carbocycles. The first-order valence-electron chi connectivity index (χ1n) is 12.6. The molecule has 1 aromatic carbocycles. The van der Waals surface area contributed by atoms with Crippen LogP contribution in [0.4, 0.5) is 15.5 Å². The Balaban J connectivity index is 1.59. The van der Waals surface area contributed by atoms with Gasteiger partial charge >= 0.3 is 19.3 Å². The van der Waals surface area contributed by atoms with Gasteiger partial charge in [0.15, 0.2) is 0 Å². The van der Waals surface area contributed by atoms with Crippen molar-refractivity contribution >= 4 is 30.7 Å². The van der Waals surface area contributed by atoms with E-state index in [9.17, 15) is 9.59 Å². The number of hydrogen-bond acceptors (Lipinski definition) is 9. The first-order valence-corrected chi connectivity index (χ1v) is 12.6. The molecule has 1 unspecified atom stereocenters. The molecule has 1 atom stereocenters. The van der Waals surface area contributed by atoms with Crippen molar-refractivity contribution in [3.63, 3.8) is 0 Å². The molecule has 0 bridgehead atoms. The molecule has 2 amide bonds. The number of benzene rings is 1. The Morgan fingerprint density at radius 2 is 1.50 bits per heavy atom. The third kappa shape index (κ3) is 8.59. The molecule has 1 aromatic heterocycles. The molecule has 1 aliphatic heterocycles. The fraction of sp³-hybridized carbons (Fsp3) is 0.538. The average Bonchev–Trinajstić information content (AvgIpc) is 3.06. The highest BCUT2D eigenvalue weighted by Gasteiger charge is 2.52. The van der Waals surface area contributed by atoms with E-state index in [1.54, 1.807) is 33.2 Å². The molecule has 0 saturated carbocycles.